The summed E-state index contributed by atoms with van der Waals surface area (Å²) in [7, 11) is 0. The number of fused-ring (bicyclic) bond motifs is 1. The number of hydrogen-bond acceptors (Lipinski definition) is 5. The normalized spacial score (nSPS) is 19.6. The number of ether oxygens (including phenoxy) is 3. The van der Waals surface area contributed by atoms with E-state index in [1.165, 1.54) is 12.1 Å². The first kappa shape index (κ1) is 16.2. The second-order valence-electron chi connectivity index (χ2n) is 6.16. The lowest BCUT2D eigenvalue weighted by Gasteiger charge is -2.21. The Kier molecular flexibility index (Phi) is 4.50. The Hall–Kier alpha value is -2.25. The summed E-state index contributed by atoms with van der Waals surface area (Å²) in [6.45, 7) is 1.23. The molecular formula is C18H19FN2O4. The molecule has 1 aromatic heterocycles. The molecule has 7 heteroatoms. The van der Waals surface area contributed by atoms with Crippen LogP contribution in [0, 0.1) is 5.82 Å². The van der Waals surface area contributed by atoms with Crippen molar-refractivity contribution < 1.29 is 23.4 Å². The number of carbonyl (C=O) groups is 1. The van der Waals surface area contributed by atoms with E-state index in [1.54, 1.807) is 12.1 Å². The monoisotopic (exact) mass is 346 g/mol. The summed E-state index contributed by atoms with van der Waals surface area (Å²) < 4.78 is 30.9. The van der Waals surface area contributed by atoms with Gasteiger partial charge in [0.15, 0.2) is 6.10 Å². The molecule has 1 fully saturated rings. The van der Waals surface area contributed by atoms with E-state index in [2.05, 4.69) is 5.10 Å². The third kappa shape index (κ3) is 3.29. The zero-order valence-corrected chi connectivity index (χ0v) is 13.7. The number of hydrogen-bond donors (Lipinski definition) is 0. The van der Waals surface area contributed by atoms with Crippen molar-refractivity contribution in [3.05, 3.63) is 47.0 Å². The zero-order chi connectivity index (χ0) is 17.2. The highest BCUT2D eigenvalue weighted by molar-refractivity contribution is 5.75. The standard InChI is InChI=1S/C18H19FN2O4/c19-12-4-6-13(7-5-12)21-16-3-1-2-14(16)15(20-21)10-25-18(22)17-11-23-8-9-24-17/h4-7,17H,1-3,8-11H2/t17-/m1/s1. The molecule has 2 aliphatic rings. The Morgan fingerprint density at radius 2 is 2.12 bits per heavy atom. The van der Waals surface area contributed by atoms with Gasteiger partial charge in [-0.1, -0.05) is 0 Å². The minimum absolute atomic E-state index is 0.106. The minimum atomic E-state index is -0.666. The van der Waals surface area contributed by atoms with Crippen LogP contribution < -0.4 is 0 Å². The summed E-state index contributed by atoms with van der Waals surface area (Å²) >= 11 is 0. The number of nitrogens with zero attached hydrogens (tertiary/aromatic N) is 2. The van der Waals surface area contributed by atoms with E-state index in [0.29, 0.717) is 13.2 Å². The minimum Gasteiger partial charge on any atom is -0.457 e. The average molecular weight is 346 g/mol. The highest BCUT2D eigenvalue weighted by atomic mass is 19.1. The third-order valence-electron chi connectivity index (χ3n) is 4.51. The van der Waals surface area contributed by atoms with Crippen molar-refractivity contribution in [2.24, 2.45) is 0 Å². The fourth-order valence-electron chi connectivity index (χ4n) is 3.28. The van der Waals surface area contributed by atoms with Crippen LogP contribution in [0.4, 0.5) is 4.39 Å². The van der Waals surface area contributed by atoms with Gasteiger partial charge in [-0.3, -0.25) is 0 Å². The Labute approximate surface area is 144 Å². The Bertz CT molecular complexity index is 766. The second-order valence-corrected chi connectivity index (χ2v) is 6.16. The summed E-state index contributed by atoms with van der Waals surface area (Å²) in [6.07, 6.45) is 2.19. The molecule has 1 atom stereocenters. The van der Waals surface area contributed by atoms with Gasteiger partial charge in [0.05, 0.1) is 25.5 Å². The number of aromatic nitrogens is 2. The maximum Gasteiger partial charge on any atom is 0.338 e. The van der Waals surface area contributed by atoms with Crippen LogP contribution in [0.25, 0.3) is 5.69 Å². The van der Waals surface area contributed by atoms with Gasteiger partial charge in [0.25, 0.3) is 0 Å². The Morgan fingerprint density at radius 3 is 2.88 bits per heavy atom. The molecule has 1 aliphatic carbocycles. The fourth-order valence-corrected chi connectivity index (χ4v) is 3.28. The molecule has 0 amide bonds. The predicted molar refractivity (Wildman–Crippen MR) is 85.9 cm³/mol. The lowest BCUT2D eigenvalue weighted by atomic mass is 10.2. The van der Waals surface area contributed by atoms with Crippen LogP contribution in [0.1, 0.15) is 23.4 Å². The van der Waals surface area contributed by atoms with Crippen LogP contribution in [0.15, 0.2) is 24.3 Å². The van der Waals surface area contributed by atoms with Crippen LogP contribution in [0.2, 0.25) is 0 Å². The van der Waals surface area contributed by atoms with Crippen LogP contribution >= 0.6 is 0 Å². The summed E-state index contributed by atoms with van der Waals surface area (Å²) in [5, 5.41) is 4.59. The van der Waals surface area contributed by atoms with Crippen LogP contribution in [-0.2, 0) is 38.5 Å². The lowest BCUT2D eigenvalue weighted by Crippen LogP contribution is -2.36. The average Bonchev–Trinajstić information content (AvgIpc) is 3.24. The van der Waals surface area contributed by atoms with E-state index in [0.717, 1.165) is 41.9 Å². The van der Waals surface area contributed by atoms with Gasteiger partial charge in [-0.25, -0.2) is 13.9 Å². The molecule has 0 bridgehead atoms. The molecule has 1 saturated heterocycles. The molecule has 132 valence electrons. The van der Waals surface area contributed by atoms with Crippen molar-refractivity contribution in [1.29, 1.82) is 0 Å². The van der Waals surface area contributed by atoms with Crippen molar-refractivity contribution >= 4 is 5.97 Å². The molecule has 0 radical (unpaired) electrons. The summed E-state index contributed by atoms with van der Waals surface area (Å²) in [6, 6.07) is 6.23. The Balaban J connectivity index is 1.51. The van der Waals surface area contributed by atoms with Crippen LogP contribution in [0.3, 0.4) is 0 Å². The molecule has 25 heavy (non-hydrogen) atoms. The summed E-state index contributed by atoms with van der Waals surface area (Å²) in [5.74, 6) is -0.709. The van der Waals surface area contributed by atoms with E-state index in [4.69, 9.17) is 14.2 Å². The highest BCUT2D eigenvalue weighted by Gasteiger charge is 2.27. The van der Waals surface area contributed by atoms with Gasteiger partial charge in [0.2, 0.25) is 0 Å². The van der Waals surface area contributed by atoms with Crippen molar-refractivity contribution in [2.75, 3.05) is 19.8 Å². The number of esters is 1. The van der Waals surface area contributed by atoms with Gasteiger partial charge >= 0.3 is 5.97 Å². The number of benzene rings is 1. The maximum absolute atomic E-state index is 13.2. The first-order chi connectivity index (χ1) is 12.2. The van der Waals surface area contributed by atoms with Crippen molar-refractivity contribution in [3.63, 3.8) is 0 Å². The van der Waals surface area contributed by atoms with Crippen molar-refractivity contribution in [1.82, 2.24) is 9.78 Å². The number of halogens is 1. The molecule has 2 aromatic rings. The van der Waals surface area contributed by atoms with E-state index < -0.39 is 12.1 Å². The molecule has 1 aromatic carbocycles. The smallest absolute Gasteiger partial charge is 0.338 e. The summed E-state index contributed by atoms with van der Waals surface area (Å²) in [4.78, 5) is 12.1. The van der Waals surface area contributed by atoms with Gasteiger partial charge in [0.1, 0.15) is 18.1 Å². The van der Waals surface area contributed by atoms with Gasteiger partial charge in [-0.2, -0.15) is 5.10 Å². The van der Waals surface area contributed by atoms with E-state index in [9.17, 15) is 9.18 Å². The first-order valence-corrected chi connectivity index (χ1v) is 8.44. The molecular weight excluding hydrogens is 327 g/mol. The lowest BCUT2D eigenvalue weighted by molar-refractivity contribution is -0.172. The van der Waals surface area contributed by atoms with E-state index in [-0.39, 0.29) is 19.0 Å². The molecule has 0 unspecified atom stereocenters. The van der Waals surface area contributed by atoms with Crippen molar-refractivity contribution in [2.45, 2.75) is 32.0 Å². The quantitative estimate of drug-likeness (QED) is 0.792. The molecule has 0 saturated carbocycles. The highest BCUT2D eigenvalue weighted by Crippen LogP contribution is 2.28. The van der Waals surface area contributed by atoms with Gasteiger partial charge in [-0.05, 0) is 43.5 Å². The van der Waals surface area contributed by atoms with E-state index in [1.807, 2.05) is 4.68 Å². The van der Waals surface area contributed by atoms with Gasteiger partial charge < -0.3 is 14.2 Å². The molecule has 0 spiro atoms. The topological polar surface area (TPSA) is 62.6 Å². The molecule has 2 heterocycles. The zero-order valence-electron chi connectivity index (χ0n) is 13.7. The van der Waals surface area contributed by atoms with Crippen LogP contribution in [0.5, 0.6) is 0 Å². The second kappa shape index (κ2) is 6.93. The van der Waals surface area contributed by atoms with E-state index >= 15 is 0 Å². The summed E-state index contributed by atoms with van der Waals surface area (Å²) in [5.41, 5.74) is 3.79. The largest absolute Gasteiger partial charge is 0.457 e. The third-order valence-corrected chi connectivity index (χ3v) is 4.51. The SMILES string of the molecule is O=C(OCc1nn(-c2ccc(F)cc2)c2c1CCC2)[C@H]1COCCO1. The molecule has 1 aliphatic heterocycles. The fraction of sp³-hybridized carbons (Fsp3) is 0.444. The maximum atomic E-state index is 13.2. The molecule has 0 N–H and O–H groups in total. The predicted octanol–water partition coefficient (Wildman–Crippen LogP) is 1.96. The number of carbonyl (C=O) groups excluding carboxylic acids is 1. The van der Waals surface area contributed by atoms with Crippen LogP contribution in [-0.4, -0.2) is 41.7 Å². The molecule has 4 rings (SSSR count). The van der Waals surface area contributed by atoms with Gasteiger partial charge in [0, 0.05) is 11.3 Å². The van der Waals surface area contributed by atoms with Gasteiger partial charge in [-0.15, -0.1) is 0 Å². The number of rotatable bonds is 4. The molecule has 6 nitrogen and oxygen atoms in total. The first-order valence-electron chi connectivity index (χ1n) is 8.44. The Morgan fingerprint density at radius 1 is 1.28 bits per heavy atom. The van der Waals surface area contributed by atoms with Crippen molar-refractivity contribution in [3.8, 4) is 5.69 Å².